The van der Waals surface area contributed by atoms with Gasteiger partial charge in [0.1, 0.15) is 13.2 Å². The van der Waals surface area contributed by atoms with E-state index in [9.17, 15) is 14.4 Å². The lowest BCUT2D eigenvalue weighted by atomic mass is 10.0. The van der Waals surface area contributed by atoms with Gasteiger partial charge in [-0.3, -0.25) is 14.4 Å². The molecule has 0 fully saturated rings. The van der Waals surface area contributed by atoms with Gasteiger partial charge in [0.25, 0.3) is 0 Å². The summed E-state index contributed by atoms with van der Waals surface area (Å²) in [6, 6.07) is 0. The Hall–Kier alpha value is -1.59. The van der Waals surface area contributed by atoms with E-state index in [-0.39, 0.29) is 31.1 Å². The van der Waals surface area contributed by atoms with Gasteiger partial charge in [0.15, 0.2) is 6.10 Å². The number of hydrogen-bond donors (Lipinski definition) is 0. The third-order valence-electron chi connectivity index (χ3n) is 12.1. The van der Waals surface area contributed by atoms with Crippen LogP contribution in [0.3, 0.4) is 0 Å². The molecule has 0 aliphatic rings. The molecular formula is C53H102O6. The van der Waals surface area contributed by atoms with Gasteiger partial charge in [0, 0.05) is 19.3 Å². The summed E-state index contributed by atoms with van der Waals surface area (Å²) < 4.78 is 16.8. The van der Waals surface area contributed by atoms with Crippen molar-refractivity contribution in [2.45, 2.75) is 309 Å². The summed E-state index contributed by atoms with van der Waals surface area (Å²) in [6.45, 7) is 6.67. The van der Waals surface area contributed by atoms with E-state index in [1.165, 1.54) is 205 Å². The SMILES string of the molecule is CCCCCCCCCCCCCCCCCCCCCC(=O)O[C@H](COC(=O)CCCCCCCCCCC)COC(=O)CCCCCCCCCCCCCCC. The average Bonchev–Trinajstić information content (AvgIpc) is 3.23. The summed E-state index contributed by atoms with van der Waals surface area (Å²) in [5.74, 6) is -0.843. The van der Waals surface area contributed by atoms with Gasteiger partial charge in [-0.2, -0.15) is 0 Å². The fourth-order valence-electron chi connectivity index (χ4n) is 8.09. The highest BCUT2D eigenvalue weighted by molar-refractivity contribution is 5.71. The van der Waals surface area contributed by atoms with Crippen LogP contribution in [0.4, 0.5) is 0 Å². The molecule has 6 heteroatoms. The number of hydrogen-bond acceptors (Lipinski definition) is 6. The Morgan fingerprint density at radius 1 is 0.271 bits per heavy atom. The maximum atomic E-state index is 12.8. The molecule has 0 rings (SSSR count). The molecule has 1 atom stereocenters. The number of carbonyl (C=O) groups excluding carboxylic acids is 3. The Kier molecular flexibility index (Phi) is 47.7. The first kappa shape index (κ1) is 57.4. The molecule has 0 N–H and O–H groups in total. The van der Waals surface area contributed by atoms with Gasteiger partial charge >= 0.3 is 17.9 Å². The van der Waals surface area contributed by atoms with Crippen molar-refractivity contribution in [3.63, 3.8) is 0 Å². The number of esters is 3. The highest BCUT2D eigenvalue weighted by Gasteiger charge is 2.19. The van der Waals surface area contributed by atoms with Crippen molar-refractivity contribution in [1.82, 2.24) is 0 Å². The molecule has 0 aromatic heterocycles. The first-order valence-corrected chi connectivity index (χ1v) is 26.5. The van der Waals surface area contributed by atoms with Gasteiger partial charge in [-0.1, -0.05) is 265 Å². The molecule has 0 spiro atoms. The number of ether oxygens (including phenoxy) is 3. The fraction of sp³-hybridized carbons (Fsp3) is 0.943. The van der Waals surface area contributed by atoms with E-state index < -0.39 is 6.10 Å². The van der Waals surface area contributed by atoms with Crippen LogP contribution in [-0.4, -0.2) is 37.2 Å². The maximum absolute atomic E-state index is 12.8. The Labute approximate surface area is 368 Å². The average molecular weight is 835 g/mol. The first-order chi connectivity index (χ1) is 29.0. The lowest BCUT2D eigenvalue weighted by Gasteiger charge is -2.18. The molecule has 0 bridgehead atoms. The molecule has 6 nitrogen and oxygen atoms in total. The van der Waals surface area contributed by atoms with Crippen molar-refractivity contribution in [3.05, 3.63) is 0 Å². The first-order valence-electron chi connectivity index (χ1n) is 26.5. The van der Waals surface area contributed by atoms with Crippen molar-refractivity contribution in [3.8, 4) is 0 Å². The molecule has 0 aromatic rings. The highest BCUT2D eigenvalue weighted by Crippen LogP contribution is 2.17. The highest BCUT2D eigenvalue weighted by atomic mass is 16.6. The Morgan fingerprint density at radius 3 is 0.678 bits per heavy atom. The van der Waals surface area contributed by atoms with Crippen molar-refractivity contribution in [1.29, 1.82) is 0 Å². The minimum atomic E-state index is -0.759. The predicted molar refractivity (Wildman–Crippen MR) is 252 cm³/mol. The minimum absolute atomic E-state index is 0.0620. The monoisotopic (exact) mass is 835 g/mol. The Morgan fingerprint density at radius 2 is 0.458 bits per heavy atom. The Balaban J connectivity index is 4.22. The van der Waals surface area contributed by atoms with Crippen LogP contribution in [0.1, 0.15) is 303 Å². The lowest BCUT2D eigenvalue weighted by molar-refractivity contribution is -0.167. The normalized spacial score (nSPS) is 11.8. The van der Waals surface area contributed by atoms with Crippen LogP contribution < -0.4 is 0 Å². The van der Waals surface area contributed by atoms with Gasteiger partial charge < -0.3 is 14.2 Å². The second kappa shape index (κ2) is 49.1. The van der Waals surface area contributed by atoms with Crippen LogP contribution in [-0.2, 0) is 28.6 Å². The zero-order valence-electron chi connectivity index (χ0n) is 40.1. The van der Waals surface area contributed by atoms with Crippen LogP contribution in [0.5, 0.6) is 0 Å². The van der Waals surface area contributed by atoms with Crippen molar-refractivity contribution in [2.75, 3.05) is 13.2 Å². The molecular weight excluding hydrogens is 733 g/mol. The standard InChI is InChI=1S/C53H102O6/c1-4-7-10-13-16-19-21-23-24-25-26-27-28-30-32-35-38-41-44-47-53(56)59-50(48-57-51(54)45-42-39-36-33-18-15-12-9-6-3)49-58-52(55)46-43-40-37-34-31-29-22-20-17-14-11-8-5-2/h50H,4-49H2,1-3H3/t50-/m1/s1. The van der Waals surface area contributed by atoms with E-state index in [1.807, 2.05) is 0 Å². The number of unbranched alkanes of at least 4 members (excludes halogenated alkanes) is 38. The lowest BCUT2D eigenvalue weighted by Crippen LogP contribution is -2.30. The molecule has 0 aliphatic heterocycles. The van der Waals surface area contributed by atoms with E-state index in [0.29, 0.717) is 19.3 Å². The zero-order chi connectivity index (χ0) is 43.0. The Bertz CT molecular complexity index is 874. The summed E-state index contributed by atoms with van der Waals surface area (Å²) in [6.07, 6.45) is 52.4. The van der Waals surface area contributed by atoms with E-state index >= 15 is 0 Å². The zero-order valence-corrected chi connectivity index (χ0v) is 40.1. The molecule has 350 valence electrons. The quantitative estimate of drug-likeness (QED) is 0.0345. The summed E-state index contributed by atoms with van der Waals surface area (Å²) in [5.41, 5.74) is 0. The van der Waals surface area contributed by atoms with Gasteiger partial charge in [0.2, 0.25) is 0 Å². The van der Waals surface area contributed by atoms with Crippen LogP contribution >= 0.6 is 0 Å². The van der Waals surface area contributed by atoms with E-state index in [1.54, 1.807) is 0 Å². The van der Waals surface area contributed by atoms with E-state index in [2.05, 4.69) is 20.8 Å². The number of rotatable bonds is 49. The van der Waals surface area contributed by atoms with Crippen molar-refractivity contribution >= 4 is 17.9 Å². The molecule has 0 unspecified atom stereocenters. The maximum Gasteiger partial charge on any atom is 0.306 e. The van der Waals surface area contributed by atoms with E-state index in [4.69, 9.17) is 14.2 Å². The summed E-state index contributed by atoms with van der Waals surface area (Å²) >= 11 is 0. The third kappa shape index (κ3) is 47.3. The summed E-state index contributed by atoms with van der Waals surface area (Å²) in [5, 5.41) is 0. The summed E-state index contributed by atoms with van der Waals surface area (Å²) in [4.78, 5) is 37.9. The largest absolute Gasteiger partial charge is 0.462 e. The molecule has 0 aromatic carbocycles. The number of carbonyl (C=O) groups is 3. The minimum Gasteiger partial charge on any atom is -0.462 e. The molecule has 0 amide bonds. The molecule has 0 radical (unpaired) electrons. The van der Waals surface area contributed by atoms with Gasteiger partial charge in [0.05, 0.1) is 0 Å². The van der Waals surface area contributed by atoms with E-state index in [0.717, 1.165) is 57.8 Å². The molecule has 59 heavy (non-hydrogen) atoms. The van der Waals surface area contributed by atoms with Crippen LogP contribution in [0.2, 0.25) is 0 Å². The second-order valence-corrected chi connectivity index (χ2v) is 18.2. The van der Waals surface area contributed by atoms with Gasteiger partial charge in [-0.05, 0) is 19.3 Å². The topological polar surface area (TPSA) is 78.9 Å². The molecule has 0 aliphatic carbocycles. The fourth-order valence-corrected chi connectivity index (χ4v) is 8.09. The molecule has 0 heterocycles. The van der Waals surface area contributed by atoms with Crippen LogP contribution in [0.25, 0.3) is 0 Å². The third-order valence-corrected chi connectivity index (χ3v) is 12.1. The predicted octanol–water partition coefficient (Wildman–Crippen LogP) is 17.2. The van der Waals surface area contributed by atoms with Crippen LogP contribution in [0.15, 0.2) is 0 Å². The molecule has 0 saturated carbocycles. The van der Waals surface area contributed by atoms with Crippen molar-refractivity contribution < 1.29 is 28.6 Å². The van der Waals surface area contributed by atoms with Crippen LogP contribution in [0, 0.1) is 0 Å². The second-order valence-electron chi connectivity index (χ2n) is 18.2. The molecule has 0 saturated heterocycles. The smallest absolute Gasteiger partial charge is 0.306 e. The van der Waals surface area contributed by atoms with Crippen molar-refractivity contribution in [2.24, 2.45) is 0 Å². The van der Waals surface area contributed by atoms with Gasteiger partial charge in [-0.25, -0.2) is 0 Å². The van der Waals surface area contributed by atoms with Gasteiger partial charge in [-0.15, -0.1) is 0 Å². The summed E-state index contributed by atoms with van der Waals surface area (Å²) in [7, 11) is 0.